The number of rotatable bonds is 46. The van der Waals surface area contributed by atoms with Crippen LogP contribution < -0.4 is 0 Å². The summed E-state index contributed by atoms with van der Waals surface area (Å²) in [4.78, 5) is 27.2. The highest BCUT2D eigenvalue weighted by molar-refractivity contribution is 5.76. The number of nitrogens with zero attached hydrogens (tertiary/aromatic N) is 2. The van der Waals surface area contributed by atoms with E-state index < -0.39 is 0 Å². The number of carbonyl (C=O) groups excluding carboxylic acids is 2. The first kappa shape index (κ1) is 65.8. The fourth-order valence-corrected chi connectivity index (χ4v) is 8.80. The van der Waals surface area contributed by atoms with Gasteiger partial charge in [-0.05, 0) is 77.4 Å². The monoisotopic (exact) mass is 889 g/mol. The quantitative estimate of drug-likeness (QED) is 0.0617. The van der Waals surface area contributed by atoms with E-state index in [0.717, 1.165) is 58.3 Å². The molecule has 5 heteroatoms. The maximum absolute atomic E-state index is 11.3. The topological polar surface area (TPSA) is 60.9 Å². The Kier molecular flexibility index (Phi) is 57.3. The third-order valence-electron chi connectivity index (χ3n) is 12.7. The van der Waals surface area contributed by atoms with E-state index in [1.54, 1.807) is 13.8 Å². The van der Waals surface area contributed by atoms with Crippen LogP contribution in [0.2, 0.25) is 0 Å². The molecule has 376 valence electrons. The highest BCUT2D eigenvalue weighted by Crippen LogP contribution is 2.23. The lowest BCUT2D eigenvalue weighted by molar-refractivity contribution is -0.118. The van der Waals surface area contributed by atoms with Gasteiger partial charge in [0.25, 0.3) is 0 Å². The van der Waals surface area contributed by atoms with Gasteiger partial charge in [-0.1, -0.05) is 253 Å². The van der Waals surface area contributed by atoms with E-state index in [0.29, 0.717) is 23.4 Å². The van der Waals surface area contributed by atoms with Gasteiger partial charge in [0, 0.05) is 25.9 Å². The molecule has 1 N–H and O–H groups in total. The minimum atomic E-state index is -0.173. The van der Waals surface area contributed by atoms with Gasteiger partial charge in [-0.15, -0.1) is 0 Å². The van der Waals surface area contributed by atoms with Gasteiger partial charge in [0.2, 0.25) is 0 Å². The predicted octanol–water partition coefficient (Wildman–Crippen LogP) is 18.2. The van der Waals surface area contributed by atoms with Crippen molar-refractivity contribution in [2.75, 3.05) is 26.2 Å². The van der Waals surface area contributed by atoms with Crippen LogP contribution in [0.15, 0.2) is 25.1 Å². The van der Waals surface area contributed by atoms with Crippen molar-refractivity contribution < 1.29 is 14.7 Å². The van der Waals surface area contributed by atoms with E-state index in [-0.39, 0.29) is 6.10 Å². The van der Waals surface area contributed by atoms with Gasteiger partial charge in [-0.2, -0.15) is 0 Å². The maximum Gasteiger partial charge on any atom is 0.130 e. The van der Waals surface area contributed by atoms with E-state index in [4.69, 9.17) is 0 Å². The Labute approximate surface area is 397 Å². The molecule has 5 nitrogen and oxygen atoms in total. The Morgan fingerprint density at radius 2 is 0.778 bits per heavy atom. The summed E-state index contributed by atoms with van der Waals surface area (Å²) in [5.74, 6) is 2.10. The molecule has 0 amide bonds. The molecule has 0 aromatic rings. The summed E-state index contributed by atoms with van der Waals surface area (Å²) >= 11 is 0. The van der Waals surface area contributed by atoms with Crippen molar-refractivity contribution in [2.24, 2.45) is 11.8 Å². The molecule has 0 aliphatic rings. The molecule has 63 heavy (non-hydrogen) atoms. The fraction of sp³-hybridized carbons (Fsp3) is 0.897. The Balaban J connectivity index is -0.000000870. The van der Waals surface area contributed by atoms with Crippen LogP contribution in [0.4, 0.5) is 0 Å². The fourth-order valence-electron chi connectivity index (χ4n) is 8.80. The third kappa shape index (κ3) is 54.8. The molecule has 0 fully saturated rings. The van der Waals surface area contributed by atoms with E-state index in [1.807, 2.05) is 19.2 Å². The van der Waals surface area contributed by atoms with Crippen LogP contribution in [0, 0.1) is 11.8 Å². The molecular formula is C58H116N2O3. The van der Waals surface area contributed by atoms with Crippen molar-refractivity contribution in [2.45, 2.75) is 300 Å². The minimum absolute atomic E-state index is 0.173. The van der Waals surface area contributed by atoms with Crippen molar-refractivity contribution in [1.82, 2.24) is 9.80 Å². The molecule has 0 bridgehead atoms. The number of hydrogen-bond donors (Lipinski definition) is 1. The van der Waals surface area contributed by atoms with Crippen LogP contribution in [-0.4, -0.2) is 58.8 Å². The number of aliphatic hydroxyl groups is 1. The maximum atomic E-state index is 11.3. The molecule has 0 saturated carbocycles. The third-order valence-corrected chi connectivity index (χ3v) is 12.7. The molecule has 3 atom stereocenters. The van der Waals surface area contributed by atoms with Crippen LogP contribution in [0.3, 0.4) is 0 Å². The second-order valence-electron chi connectivity index (χ2n) is 19.5. The van der Waals surface area contributed by atoms with Gasteiger partial charge in [0.15, 0.2) is 0 Å². The Bertz CT molecular complexity index is 906. The zero-order valence-corrected chi connectivity index (χ0v) is 44.6. The highest BCUT2D eigenvalue weighted by atomic mass is 16.3. The van der Waals surface area contributed by atoms with Crippen molar-refractivity contribution in [3.63, 3.8) is 0 Å². The summed E-state index contributed by atoms with van der Waals surface area (Å²) in [5, 5.41) is 10.3. The summed E-state index contributed by atoms with van der Waals surface area (Å²) in [6.07, 6.45) is 51.7. The number of Topliss-reactive ketones (excluding diaryl/α,β-unsaturated/α-hetero) is 2. The van der Waals surface area contributed by atoms with Crippen LogP contribution in [-0.2, 0) is 9.59 Å². The molecule has 0 rings (SSSR count). The average molecular weight is 890 g/mol. The van der Waals surface area contributed by atoms with Crippen molar-refractivity contribution >= 4 is 11.6 Å². The normalized spacial score (nSPS) is 12.7. The van der Waals surface area contributed by atoms with Crippen molar-refractivity contribution in [3.05, 3.63) is 25.1 Å². The highest BCUT2D eigenvalue weighted by Gasteiger charge is 2.13. The van der Waals surface area contributed by atoms with E-state index in [1.165, 1.54) is 199 Å². The van der Waals surface area contributed by atoms with Crippen molar-refractivity contribution in [1.29, 1.82) is 0 Å². The molecule has 0 radical (unpaired) electrons. The second-order valence-corrected chi connectivity index (χ2v) is 19.5. The standard InChI is InChI=1S/C22H44N2O.2C18H36O/c1-5-9-11-12-14-18-24(21-22(25)16-13-10-6-2)20-15-19-23(8-4)17-7-3;2*1-4-6-8-10-11-13-15-18(16-17(3)19)14-12-9-7-5-2/h7-8,17,22,25H,4-6,9-16,18-21H2,1-3H3;2*18H,4-16H2,1-3H3/b17-7-;;. The Morgan fingerprint density at radius 3 is 1.14 bits per heavy atom. The predicted molar refractivity (Wildman–Crippen MR) is 283 cm³/mol. The molecule has 0 spiro atoms. The molecule has 0 saturated heterocycles. The number of aliphatic hydroxyl groups excluding tert-OH is 1. The summed E-state index contributed by atoms with van der Waals surface area (Å²) in [6, 6.07) is 0. The first-order chi connectivity index (χ1) is 30.6. The first-order valence-corrected chi connectivity index (χ1v) is 28.0. The SMILES string of the molecule is C=CN(/C=C\C)CCCN(CCCCCCC)CC(O)CCCCC.CCCCCCCCC(CCCCCC)CC(C)=O.CCCCCCCCC(CCCCCC)CC(C)=O. The van der Waals surface area contributed by atoms with E-state index in [9.17, 15) is 14.7 Å². The van der Waals surface area contributed by atoms with Crippen LogP contribution in [0.1, 0.15) is 293 Å². The summed E-state index contributed by atoms with van der Waals surface area (Å²) in [7, 11) is 0. The van der Waals surface area contributed by atoms with Crippen LogP contribution in [0.5, 0.6) is 0 Å². The number of unbranched alkanes of at least 4 members (excludes halogenated alkanes) is 22. The number of hydrogen-bond acceptors (Lipinski definition) is 5. The lowest BCUT2D eigenvalue weighted by Crippen LogP contribution is -2.35. The lowest BCUT2D eigenvalue weighted by Gasteiger charge is -2.26. The molecule has 0 aliphatic carbocycles. The van der Waals surface area contributed by atoms with Gasteiger partial charge in [-0.25, -0.2) is 0 Å². The number of carbonyl (C=O) groups is 2. The van der Waals surface area contributed by atoms with Gasteiger partial charge >= 0.3 is 0 Å². The average Bonchev–Trinajstić information content (AvgIpc) is 3.25. The second kappa shape index (κ2) is 54.9. The Morgan fingerprint density at radius 1 is 0.460 bits per heavy atom. The van der Waals surface area contributed by atoms with Crippen molar-refractivity contribution in [3.8, 4) is 0 Å². The van der Waals surface area contributed by atoms with Gasteiger partial charge < -0.3 is 24.5 Å². The number of ketones is 2. The zero-order chi connectivity index (χ0) is 47.4. The summed E-state index contributed by atoms with van der Waals surface area (Å²) in [6.45, 7) is 26.9. The summed E-state index contributed by atoms with van der Waals surface area (Å²) < 4.78 is 0. The molecule has 0 aliphatic heterocycles. The largest absolute Gasteiger partial charge is 0.392 e. The van der Waals surface area contributed by atoms with Gasteiger partial charge in [-0.3, -0.25) is 0 Å². The minimum Gasteiger partial charge on any atom is -0.392 e. The number of allylic oxidation sites excluding steroid dienone is 1. The van der Waals surface area contributed by atoms with E-state index >= 15 is 0 Å². The van der Waals surface area contributed by atoms with Gasteiger partial charge in [0.1, 0.15) is 11.6 Å². The first-order valence-electron chi connectivity index (χ1n) is 28.0. The summed E-state index contributed by atoms with van der Waals surface area (Å²) in [5.41, 5.74) is 0. The van der Waals surface area contributed by atoms with Crippen LogP contribution in [0.25, 0.3) is 0 Å². The smallest absolute Gasteiger partial charge is 0.130 e. The molecular weight excluding hydrogens is 773 g/mol. The van der Waals surface area contributed by atoms with Crippen LogP contribution >= 0.6 is 0 Å². The Hall–Kier alpha value is -1.46. The van der Waals surface area contributed by atoms with E-state index in [2.05, 4.69) is 64.1 Å². The lowest BCUT2D eigenvalue weighted by atomic mass is 9.90. The molecule has 0 aromatic carbocycles. The molecule has 3 unspecified atom stereocenters. The molecule has 0 aromatic heterocycles. The zero-order valence-electron chi connectivity index (χ0n) is 44.6. The van der Waals surface area contributed by atoms with Gasteiger partial charge in [0.05, 0.1) is 6.10 Å². The molecule has 0 heterocycles.